The Hall–Kier alpha value is -2.91. The molecule has 2 fully saturated rings. The van der Waals surface area contributed by atoms with E-state index in [0.717, 1.165) is 32.4 Å². The Morgan fingerprint density at radius 3 is 2.54 bits per heavy atom. The Balaban J connectivity index is 1.24. The minimum atomic E-state index is -3.83. The molecule has 0 radical (unpaired) electrons. The number of anilines is 1. The molecule has 9 heteroatoms. The molecule has 0 aromatic heterocycles. The third kappa shape index (κ3) is 5.38. The predicted molar refractivity (Wildman–Crippen MR) is 141 cm³/mol. The summed E-state index contributed by atoms with van der Waals surface area (Å²) < 4.78 is 34.4. The van der Waals surface area contributed by atoms with Gasteiger partial charge in [-0.3, -0.25) is 9.59 Å². The highest BCUT2D eigenvalue weighted by molar-refractivity contribution is 7.89. The van der Waals surface area contributed by atoms with Crippen LogP contribution in [0.3, 0.4) is 0 Å². The molecular formula is C28H35N3O5S. The molecule has 8 nitrogen and oxygen atoms in total. The van der Waals surface area contributed by atoms with Crippen LogP contribution in [0.4, 0.5) is 5.69 Å². The SMILES string of the molecule is Cc1cc2c(cc1S(=O)(=O)N1CCCC(C(=O)N3CCC(Cc4ccccc4)CC3)C1)OC(C)C(=O)N2. The second-order valence-electron chi connectivity index (χ2n) is 10.5. The van der Waals surface area contributed by atoms with Crippen LogP contribution in [0.2, 0.25) is 0 Å². The lowest BCUT2D eigenvalue weighted by Crippen LogP contribution is -2.48. The van der Waals surface area contributed by atoms with Gasteiger partial charge in [-0.05, 0) is 69.1 Å². The maximum atomic E-state index is 13.7. The van der Waals surface area contributed by atoms with Crippen molar-refractivity contribution in [2.75, 3.05) is 31.5 Å². The predicted octanol–water partition coefficient (Wildman–Crippen LogP) is 3.60. The van der Waals surface area contributed by atoms with Crippen LogP contribution in [0.15, 0.2) is 47.4 Å². The van der Waals surface area contributed by atoms with E-state index in [4.69, 9.17) is 4.74 Å². The van der Waals surface area contributed by atoms with E-state index in [1.807, 2.05) is 11.0 Å². The molecule has 198 valence electrons. The minimum Gasteiger partial charge on any atom is -0.479 e. The third-order valence-corrected chi connectivity index (χ3v) is 9.86. The van der Waals surface area contributed by atoms with Crippen molar-refractivity contribution in [2.24, 2.45) is 11.8 Å². The van der Waals surface area contributed by atoms with Crippen molar-refractivity contribution < 1.29 is 22.7 Å². The molecule has 0 saturated carbocycles. The van der Waals surface area contributed by atoms with Crippen molar-refractivity contribution in [3.8, 4) is 5.75 Å². The first-order chi connectivity index (χ1) is 17.7. The van der Waals surface area contributed by atoms with Crippen LogP contribution in [0, 0.1) is 18.8 Å². The van der Waals surface area contributed by atoms with E-state index in [1.54, 1.807) is 19.9 Å². The first-order valence-corrected chi connectivity index (χ1v) is 14.6. The number of carbonyl (C=O) groups excluding carboxylic acids is 2. The summed E-state index contributed by atoms with van der Waals surface area (Å²) in [5, 5.41) is 2.76. The van der Waals surface area contributed by atoms with E-state index in [0.29, 0.717) is 42.3 Å². The normalized spacial score (nSPS) is 23.2. The van der Waals surface area contributed by atoms with Gasteiger partial charge in [-0.15, -0.1) is 0 Å². The van der Waals surface area contributed by atoms with Crippen LogP contribution in [-0.4, -0.2) is 61.7 Å². The Morgan fingerprint density at radius 1 is 1.08 bits per heavy atom. The Morgan fingerprint density at radius 2 is 1.81 bits per heavy atom. The molecule has 2 atom stereocenters. The van der Waals surface area contributed by atoms with Gasteiger partial charge in [0, 0.05) is 32.2 Å². The summed E-state index contributed by atoms with van der Waals surface area (Å²) in [7, 11) is -3.83. The molecule has 0 spiro atoms. The van der Waals surface area contributed by atoms with Crippen LogP contribution >= 0.6 is 0 Å². The van der Waals surface area contributed by atoms with Gasteiger partial charge < -0.3 is 15.0 Å². The Bertz CT molecular complexity index is 1270. The molecule has 2 aromatic rings. The molecule has 3 aliphatic heterocycles. The van der Waals surface area contributed by atoms with Gasteiger partial charge in [0.05, 0.1) is 16.5 Å². The molecule has 0 aliphatic carbocycles. The summed E-state index contributed by atoms with van der Waals surface area (Å²) in [6.07, 6.45) is 3.62. The van der Waals surface area contributed by atoms with Crippen LogP contribution < -0.4 is 10.1 Å². The molecule has 2 unspecified atom stereocenters. The van der Waals surface area contributed by atoms with Gasteiger partial charge in [-0.1, -0.05) is 30.3 Å². The quantitative estimate of drug-likeness (QED) is 0.644. The fourth-order valence-corrected chi connectivity index (χ4v) is 7.43. The van der Waals surface area contributed by atoms with Crippen molar-refractivity contribution in [1.29, 1.82) is 0 Å². The zero-order valence-corrected chi connectivity index (χ0v) is 22.3. The summed E-state index contributed by atoms with van der Waals surface area (Å²) in [6, 6.07) is 13.6. The fraction of sp³-hybridized carbons (Fsp3) is 0.500. The number of amides is 2. The highest BCUT2D eigenvalue weighted by Gasteiger charge is 2.37. The molecule has 3 heterocycles. The first kappa shape index (κ1) is 25.7. The van der Waals surface area contributed by atoms with Gasteiger partial charge >= 0.3 is 0 Å². The molecule has 37 heavy (non-hydrogen) atoms. The van der Waals surface area contributed by atoms with Gasteiger partial charge in [-0.2, -0.15) is 4.31 Å². The average Bonchev–Trinajstić information content (AvgIpc) is 2.90. The van der Waals surface area contributed by atoms with E-state index in [9.17, 15) is 18.0 Å². The highest BCUT2D eigenvalue weighted by Crippen LogP contribution is 2.36. The maximum Gasteiger partial charge on any atom is 0.265 e. The number of sulfonamides is 1. The van der Waals surface area contributed by atoms with E-state index in [-0.39, 0.29) is 29.2 Å². The molecule has 2 saturated heterocycles. The number of likely N-dealkylation sites (tertiary alicyclic amines) is 1. The molecular weight excluding hydrogens is 490 g/mol. The lowest BCUT2D eigenvalue weighted by Gasteiger charge is -2.37. The number of carbonyl (C=O) groups is 2. The third-order valence-electron chi connectivity index (χ3n) is 7.85. The van der Waals surface area contributed by atoms with Crippen molar-refractivity contribution in [2.45, 2.75) is 57.0 Å². The summed E-state index contributed by atoms with van der Waals surface area (Å²) in [4.78, 5) is 27.4. The standard InChI is InChI=1S/C28H35N3O5S/c1-19-15-24-25(36-20(2)27(32)29-24)17-26(19)37(34,35)31-12-6-9-23(18-31)28(33)30-13-10-22(11-14-30)16-21-7-4-3-5-8-21/h3-5,7-8,15,17,20,22-23H,6,9-14,16,18H2,1-2H3,(H,29,32). The number of hydrogen-bond acceptors (Lipinski definition) is 5. The summed E-state index contributed by atoms with van der Waals surface area (Å²) >= 11 is 0. The van der Waals surface area contributed by atoms with Crippen LogP contribution in [0.1, 0.15) is 43.7 Å². The fourth-order valence-electron chi connectivity index (χ4n) is 5.69. The number of nitrogens with zero attached hydrogens (tertiary/aromatic N) is 2. The second-order valence-corrected chi connectivity index (χ2v) is 12.4. The monoisotopic (exact) mass is 525 g/mol. The van der Waals surface area contributed by atoms with E-state index < -0.39 is 16.1 Å². The van der Waals surface area contributed by atoms with Crippen LogP contribution in [0.25, 0.3) is 0 Å². The van der Waals surface area contributed by atoms with Crippen molar-refractivity contribution in [3.05, 3.63) is 53.6 Å². The maximum absolute atomic E-state index is 13.7. The van der Waals surface area contributed by atoms with E-state index >= 15 is 0 Å². The summed E-state index contributed by atoms with van der Waals surface area (Å²) in [6.45, 7) is 5.36. The second kappa shape index (κ2) is 10.5. The van der Waals surface area contributed by atoms with Crippen molar-refractivity contribution in [3.63, 3.8) is 0 Å². The number of piperidine rings is 2. The zero-order chi connectivity index (χ0) is 26.2. The summed E-state index contributed by atoms with van der Waals surface area (Å²) in [5.74, 6) is 0.391. The molecule has 2 aromatic carbocycles. The van der Waals surface area contributed by atoms with Gasteiger partial charge in [0.1, 0.15) is 5.75 Å². The molecule has 1 N–H and O–H groups in total. The molecule has 0 bridgehead atoms. The van der Waals surface area contributed by atoms with Crippen LogP contribution in [0.5, 0.6) is 5.75 Å². The Kier molecular flexibility index (Phi) is 7.27. The average molecular weight is 526 g/mol. The zero-order valence-electron chi connectivity index (χ0n) is 21.5. The Labute approximate surface area is 219 Å². The molecule has 5 rings (SSSR count). The van der Waals surface area contributed by atoms with E-state index in [2.05, 4.69) is 29.6 Å². The number of fused-ring (bicyclic) bond motifs is 1. The summed E-state index contributed by atoms with van der Waals surface area (Å²) in [5.41, 5.74) is 2.34. The number of hydrogen-bond donors (Lipinski definition) is 1. The van der Waals surface area contributed by atoms with Crippen molar-refractivity contribution >= 4 is 27.5 Å². The number of ether oxygens (including phenoxy) is 1. The smallest absolute Gasteiger partial charge is 0.265 e. The van der Waals surface area contributed by atoms with Crippen LogP contribution in [-0.2, 0) is 26.0 Å². The van der Waals surface area contributed by atoms with Crippen molar-refractivity contribution in [1.82, 2.24) is 9.21 Å². The van der Waals surface area contributed by atoms with Gasteiger partial charge in [-0.25, -0.2) is 8.42 Å². The van der Waals surface area contributed by atoms with Gasteiger partial charge in [0.25, 0.3) is 5.91 Å². The van der Waals surface area contributed by atoms with Gasteiger partial charge in [0.15, 0.2) is 6.10 Å². The number of benzene rings is 2. The largest absolute Gasteiger partial charge is 0.479 e. The number of rotatable bonds is 5. The molecule has 2 amide bonds. The van der Waals surface area contributed by atoms with E-state index in [1.165, 1.54) is 15.9 Å². The van der Waals surface area contributed by atoms with Gasteiger partial charge in [0.2, 0.25) is 15.9 Å². The lowest BCUT2D eigenvalue weighted by atomic mass is 9.89. The molecule has 3 aliphatic rings. The minimum absolute atomic E-state index is 0.0695. The number of aryl methyl sites for hydroxylation is 1. The number of nitrogens with one attached hydrogen (secondary N) is 1. The first-order valence-electron chi connectivity index (χ1n) is 13.2. The lowest BCUT2D eigenvalue weighted by molar-refractivity contribution is -0.138. The highest BCUT2D eigenvalue weighted by atomic mass is 32.2. The topological polar surface area (TPSA) is 96.0 Å².